The fourth-order valence-corrected chi connectivity index (χ4v) is 0. The lowest BCUT2D eigenvalue weighted by atomic mass is 10.6. The van der Waals surface area contributed by atoms with Crippen LogP contribution in [0.2, 0.25) is 10.6 Å². The summed E-state index contributed by atoms with van der Waals surface area (Å²) in [7, 11) is 0. The summed E-state index contributed by atoms with van der Waals surface area (Å²) in [6.45, 7) is 4.32. The Morgan fingerprint density at radius 1 is 0.750 bits per heavy atom. The molecule has 0 heterocycles. The van der Waals surface area contributed by atoms with Gasteiger partial charge >= 0.3 is 0 Å². The molecule has 0 saturated carbocycles. The topological polar surface area (TPSA) is 0 Å². The van der Waals surface area contributed by atoms with E-state index < -0.39 is 0 Å². The average molecular weight is 436 g/mol. The minimum atomic E-state index is 0. The summed E-state index contributed by atoms with van der Waals surface area (Å²) in [6.07, 6.45) is 2.56. The summed E-state index contributed by atoms with van der Waals surface area (Å²) in [6, 6.07) is 0. The van der Waals surface area contributed by atoms with Gasteiger partial charge in [0.2, 0.25) is 0 Å². The highest BCUT2D eigenvalue weighted by Crippen LogP contribution is 1.74. The summed E-state index contributed by atoms with van der Waals surface area (Å²) >= 11 is 5.31. The zero-order valence-electron chi connectivity index (χ0n) is 7.62. The van der Waals surface area contributed by atoms with E-state index in [9.17, 15) is 0 Å². The van der Waals surface area contributed by atoms with E-state index in [4.69, 9.17) is 0 Å². The predicted octanol–water partition coefficient (Wildman–Crippen LogP) is 3.51. The van der Waals surface area contributed by atoms with E-state index in [1.807, 2.05) is 0 Å². The first-order valence-electron chi connectivity index (χ1n) is 3.23. The molecule has 0 atom stereocenters. The molecule has 4 radical (unpaired) electrons. The molecule has 0 nitrogen and oxygen atoms in total. The minimum Gasteiger partial charge on any atom is -0.269 e. The van der Waals surface area contributed by atoms with Crippen LogP contribution in [0.15, 0.2) is 0 Å². The second-order valence-corrected chi connectivity index (χ2v) is 2.73. The van der Waals surface area contributed by atoms with E-state index in [-0.39, 0.29) is 57.4 Å². The number of hydrogen-bond acceptors (Lipinski definition) is 0. The van der Waals surface area contributed by atoms with Gasteiger partial charge in [0.05, 0.1) is 0 Å². The summed E-state index contributed by atoms with van der Waals surface area (Å²) in [4.78, 5) is 0. The molecule has 0 aliphatic carbocycles. The third-order valence-corrected chi connectivity index (χ3v) is 1.73. The van der Waals surface area contributed by atoms with E-state index in [1.165, 1.54) is 23.4 Å². The minimum absolute atomic E-state index is 0. The molecule has 0 rings (SSSR count). The third-order valence-electron chi connectivity index (χ3n) is 0.577. The Morgan fingerprint density at radius 3 is 0.833 bits per heavy atom. The summed E-state index contributed by atoms with van der Waals surface area (Å²) in [5.41, 5.74) is 0. The normalized spacial score (nSPS) is 4.83. The maximum atomic E-state index is 2.66. The SMILES string of the molecule is CC[CH2][Al].CC[CH2][Al].F.F.I.I. The zero-order valence-corrected chi connectivity index (χ0v) is 14.6. The van der Waals surface area contributed by atoms with Crippen LogP contribution >= 0.6 is 48.0 Å². The highest BCUT2D eigenvalue weighted by Gasteiger charge is 1.57. The van der Waals surface area contributed by atoms with Crippen LogP contribution in [-0.2, 0) is 0 Å². The van der Waals surface area contributed by atoms with Gasteiger partial charge in [-0.05, 0) is 0 Å². The standard InChI is InChI=1S/2C3H7.2Al.2FH.2HI/c2*1-3-2;;;;;;/h2*1,3H2,2H3;;;4*1H. The van der Waals surface area contributed by atoms with Crippen molar-refractivity contribution in [2.45, 2.75) is 37.3 Å². The number of hydrogen-bond donors (Lipinski definition) is 0. The summed E-state index contributed by atoms with van der Waals surface area (Å²) in [5.74, 6) is 0. The molecule has 0 unspecified atom stereocenters. The predicted molar refractivity (Wildman–Crippen MR) is 77.5 cm³/mol. The summed E-state index contributed by atoms with van der Waals surface area (Å²) < 4.78 is 0. The van der Waals surface area contributed by atoms with Crippen LogP contribution in [0.4, 0.5) is 9.41 Å². The van der Waals surface area contributed by atoms with Crippen LogP contribution in [0, 0.1) is 0 Å². The van der Waals surface area contributed by atoms with Crippen LogP contribution in [-0.4, -0.2) is 32.6 Å². The Labute approximate surface area is 126 Å². The zero-order chi connectivity index (χ0) is 6.83. The first kappa shape index (κ1) is 36.7. The fraction of sp³-hybridized carbons (Fsp3) is 1.00. The van der Waals surface area contributed by atoms with E-state index in [0.717, 1.165) is 0 Å². The van der Waals surface area contributed by atoms with E-state index >= 15 is 0 Å². The number of halogens is 4. The fourth-order valence-electron chi connectivity index (χ4n) is 0. The van der Waals surface area contributed by atoms with Crippen LogP contribution in [0.5, 0.6) is 0 Å². The van der Waals surface area contributed by atoms with Crippen molar-refractivity contribution < 1.29 is 9.41 Å². The molecule has 12 heavy (non-hydrogen) atoms. The van der Waals surface area contributed by atoms with Crippen molar-refractivity contribution in [1.82, 2.24) is 0 Å². The molecular weight excluding hydrogens is 418 g/mol. The molecule has 0 spiro atoms. The molecule has 0 N–H and O–H groups in total. The van der Waals surface area contributed by atoms with Gasteiger partial charge in [-0.3, -0.25) is 9.41 Å². The average Bonchev–Trinajstić information content (AvgIpc) is 1.88. The van der Waals surface area contributed by atoms with E-state index in [2.05, 4.69) is 46.4 Å². The Bertz CT molecular complexity index is 29.5. The molecule has 0 aromatic rings. The maximum Gasteiger partial charge on any atom is 0.118 e. The van der Waals surface area contributed by atoms with Gasteiger partial charge in [0, 0.05) is 0 Å². The third kappa shape index (κ3) is 83.5. The van der Waals surface area contributed by atoms with E-state index in [1.54, 1.807) is 0 Å². The first-order chi connectivity index (χ1) is 3.83. The summed E-state index contributed by atoms with van der Waals surface area (Å²) in [5, 5.41) is 2.47. The smallest absolute Gasteiger partial charge is 0.118 e. The Hall–Kier alpha value is 2.38. The molecule has 0 fully saturated rings. The van der Waals surface area contributed by atoms with Gasteiger partial charge in [-0.2, -0.15) is 0 Å². The van der Waals surface area contributed by atoms with Crippen molar-refractivity contribution in [2.24, 2.45) is 0 Å². The van der Waals surface area contributed by atoms with Crippen LogP contribution in [0.25, 0.3) is 0 Å². The molecule has 0 saturated heterocycles. The van der Waals surface area contributed by atoms with Gasteiger partial charge in [0.15, 0.2) is 0 Å². The van der Waals surface area contributed by atoms with Crippen molar-refractivity contribution in [2.75, 3.05) is 0 Å². The van der Waals surface area contributed by atoms with Crippen LogP contribution in [0.3, 0.4) is 0 Å². The highest BCUT2D eigenvalue weighted by molar-refractivity contribution is 14.0. The van der Waals surface area contributed by atoms with Crippen molar-refractivity contribution in [1.29, 1.82) is 0 Å². The van der Waals surface area contributed by atoms with Gasteiger partial charge in [0.1, 0.15) is 32.6 Å². The van der Waals surface area contributed by atoms with Crippen molar-refractivity contribution in [3.8, 4) is 0 Å². The lowest BCUT2D eigenvalue weighted by Gasteiger charge is -1.68. The molecule has 76 valence electrons. The lowest BCUT2D eigenvalue weighted by Crippen LogP contribution is -1.55. The van der Waals surface area contributed by atoms with E-state index in [0.29, 0.717) is 0 Å². The number of rotatable bonds is 2. The van der Waals surface area contributed by atoms with Crippen molar-refractivity contribution in [3.63, 3.8) is 0 Å². The molecule has 0 amide bonds. The second-order valence-electron chi connectivity index (χ2n) is 1.58. The van der Waals surface area contributed by atoms with Gasteiger partial charge in [-0.25, -0.2) is 0 Å². The van der Waals surface area contributed by atoms with Crippen LogP contribution in [0.1, 0.15) is 26.7 Å². The molecule has 0 aromatic carbocycles. The maximum absolute atomic E-state index is 2.66. The quantitative estimate of drug-likeness (QED) is 0.460. The van der Waals surface area contributed by atoms with Crippen molar-refractivity contribution >= 4 is 80.5 Å². The van der Waals surface area contributed by atoms with Crippen molar-refractivity contribution in [3.05, 3.63) is 0 Å². The van der Waals surface area contributed by atoms with Gasteiger partial charge < -0.3 is 0 Å². The molecule has 0 bridgehead atoms. The highest BCUT2D eigenvalue weighted by atomic mass is 127. The van der Waals surface area contributed by atoms with Gasteiger partial charge in [-0.15, -0.1) is 58.5 Å². The van der Waals surface area contributed by atoms with Gasteiger partial charge in [-0.1, -0.05) is 26.7 Å². The second kappa shape index (κ2) is 50.4. The molecule has 0 aromatic heterocycles. The Balaban J connectivity index is -0.0000000112. The Morgan fingerprint density at radius 2 is 0.833 bits per heavy atom. The molecule has 0 aliphatic rings. The van der Waals surface area contributed by atoms with Crippen LogP contribution < -0.4 is 0 Å². The monoisotopic (exact) mass is 436 g/mol. The molecule has 6 heteroatoms. The first-order valence-corrected chi connectivity index (χ1v) is 4.86. The Kier molecular flexibility index (Phi) is 154. The molecule has 0 aliphatic heterocycles. The lowest BCUT2D eigenvalue weighted by molar-refractivity contribution is 1.08. The molecular formula is C6H18Al2F2I2. The largest absolute Gasteiger partial charge is 0.269 e. The van der Waals surface area contributed by atoms with Gasteiger partial charge in [0.25, 0.3) is 0 Å².